The van der Waals surface area contributed by atoms with Crippen molar-refractivity contribution >= 4 is 10.9 Å². The fourth-order valence-electron chi connectivity index (χ4n) is 3.78. The lowest BCUT2D eigenvalue weighted by molar-refractivity contribution is 0.119. The van der Waals surface area contributed by atoms with Gasteiger partial charge in [-0.05, 0) is 31.4 Å². The van der Waals surface area contributed by atoms with Crippen LogP contribution in [0.25, 0.3) is 10.9 Å². The Balaban J connectivity index is 1.85. The largest absolute Gasteiger partial charge is 0.394 e. The predicted octanol–water partition coefficient (Wildman–Crippen LogP) is 3.27. The van der Waals surface area contributed by atoms with Crippen LogP contribution in [0.1, 0.15) is 43.4 Å². The van der Waals surface area contributed by atoms with Crippen LogP contribution in [-0.2, 0) is 13.6 Å². The van der Waals surface area contributed by atoms with Gasteiger partial charge in [0.25, 0.3) is 0 Å². The first kappa shape index (κ1) is 14.6. The van der Waals surface area contributed by atoms with Crippen LogP contribution in [-0.4, -0.2) is 21.8 Å². The summed E-state index contributed by atoms with van der Waals surface area (Å²) in [5.41, 5.74) is 3.90. The molecule has 0 atom stereocenters. The highest BCUT2D eigenvalue weighted by Crippen LogP contribution is 2.29. The zero-order chi connectivity index (χ0) is 14.9. The summed E-state index contributed by atoms with van der Waals surface area (Å²) in [5, 5.41) is 14.8. The molecule has 0 aliphatic heterocycles. The van der Waals surface area contributed by atoms with Crippen LogP contribution in [0.2, 0.25) is 0 Å². The molecule has 1 aliphatic carbocycles. The topological polar surface area (TPSA) is 37.2 Å². The van der Waals surface area contributed by atoms with Crippen molar-refractivity contribution in [1.82, 2.24) is 9.88 Å². The number of hydrogen-bond acceptors (Lipinski definition) is 2. The number of nitrogens with one attached hydrogen (secondary N) is 1. The number of fused-ring (bicyclic) bond motifs is 1. The maximum Gasteiger partial charge on any atom is 0.0613 e. The third-order valence-electron chi connectivity index (χ3n) is 5.25. The van der Waals surface area contributed by atoms with Crippen molar-refractivity contribution in [2.75, 3.05) is 6.61 Å². The van der Waals surface area contributed by atoms with E-state index in [4.69, 9.17) is 0 Å². The molecule has 2 N–H and O–H groups in total. The second-order valence-electron chi connectivity index (χ2n) is 6.50. The fraction of sp³-hybridized carbons (Fsp3) is 0.556. The average molecular weight is 286 g/mol. The van der Waals surface area contributed by atoms with Crippen LogP contribution >= 0.6 is 0 Å². The molecule has 3 heteroatoms. The third-order valence-corrected chi connectivity index (χ3v) is 5.25. The molecule has 0 bridgehead atoms. The molecule has 114 valence electrons. The van der Waals surface area contributed by atoms with Gasteiger partial charge in [-0.25, -0.2) is 0 Å². The Labute approximate surface area is 127 Å². The Kier molecular flexibility index (Phi) is 4.05. The maximum absolute atomic E-state index is 9.83. The van der Waals surface area contributed by atoms with Gasteiger partial charge < -0.3 is 15.0 Å². The van der Waals surface area contributed by atoms with Gasteiger partial charge in [-0.2, -0.15) is 0 Å². The van der Waals surface area contributed by atoms with Gasteiger partial charge in [-0.15, -0.1) is 0 Å². The summed E-state index contributed by atoms with van der Waals surface area (Å²) < 4.78 is 2.28. The number of benzene rings is 1. The molecule has 0 amide bonds. The Morgan fingerprint density at radius 1 is 1.19 bits per heavy atom. The summed E-state index contributed by atoms with van der Waals surface area (Å²) in [4.78, 5) is 0. The minimum absolute atomic E-state index is 0.0683. The third kappa shape index (κ3) is 2.60. The molecule has 0 saturated heterocycles. The number of para-hydroxylation sites is 1. The molecule has 0 radical (unpaired) electrons. The van der Waals surface area contributed by atoms with E-state index in [1.165, 1.54) is 41.4 Å². The lowest BCUT2D eigenvalue weighted by Crippen LogP contribution is -2.49. The SMILES string of the molecule is Cc1c(CNC2(CO)CCCCC2)n(C)c2ccccc12. The summed E-state index contributed by atoms with van der Waals surface area (Å²) in [6.07, 6.45) is 5.93. The monoisotopic (exact) mass is 286 g/mol. The maximum atomic E-state index is 9.83. The minimum Gasteiger partial charge on any atom is -0.394 e. The summed E-state index contributed by atoms with van der Waals surface area (Å²) in [6, 6.07) is 8.56. The molecule has 1 aromatic heterocycles. The van der Waals surface area contributed by atoms with Crippen LogP contribution in [0.3, 0.4) is 0 Å². The number of aliphatic hydroxyl groups excluding tert-OH is 1. The first-order valence-electron chi connectivity index (χ1n) is 8.06. The van der Waals surface area contributed by atoms with Crippen molar-refractivity contribution in [3.05, 3.63) is 35.5 Å². The molecule has 3 nitrogen and oxygen atoms in total. The van der Waals surface area contributed by atoms with Crippen molar-refractivity contribution in [3.63, 3.8) is 0 Å². The van der Waals surface area contributed by atoms with Crippen molar-refractivity contribution in [3.8, 4) is 0 Å². The molecule has 0 spiro atoms. The molecule has 2 aromatic rings. The van der Waals surface area contributed by atoms with Gasteiger partial charge in [0.1, 0.15) is 0 Å². The van der Waals surface area contributed by atoms with Gasteiger partial charge >= 0.3 is 0 Å². The molecular formula is C18H26N2O. The zero-order valence-electron chi connectivity index (χ0n) is 13.2. The van der Waals surface area contributed by atoms with E-state index >= 15 is 0 Å². The van der Waals surface area contributed by atoms with Crippen molar-refractivity contribution in [2.45, 2.75) is 51.1 Å². The normalized spacial score (nSPS) is 18.2. The van der Waals surface area contributed by atoms with E-state index in [2.05, 4.69) is 48.1 Å². The van der Waals surface area contributed by atoms with E-state index in [0.717, 1.165) is 19.4 Å². The van der Waals surface area contributed by atoms with Crippen molar-refractivity contribution < 1.29 is 5.11 Å². The first-order chi connectivity index (χ1) is 10.2. The number of aliphatic hydroxyl groups is 1. The summed E-state index contributed by atoms with van der Waals surface area (Å²) in [7, 11) is 2.14. The molecule has 1 fully saturated rings. The molecule has 1 aliphatic rings. The number of hydrogen-bond donors (Lipinski definition) is 2. The molecule has 1 aromatic carbocycles. The molecule has 0 unspecified atom stereocenters. The van der Waals surface area contributed by atoms with Crippen LogP contribution in [0, 0.1) is 6.92 Å². The first-order valence-corrected chi connectivity index (χ1v) is 8.06. The van der Waals surface area contributed by atoms with E-state index in [1.54, 1.807) is 0 Å². The average Bonchev–Trinajstić information content (AvgIpc) is 2.78. The van der Waals surface area contributed by atoms with Gasteiger partial charge in [0.2, 0.25) is 0 Å². The van der Waals surface area contributed by atoms with Gasteiger partial charge in [-0.3, -0.25) is 0 Å². The van der Waals surface area contributed by atoms with Crippen LogP contribution in [0.15, 0.2) is 24.3 Å². The second-order valence-corrected chi connectivity index (χ2v) is 6.50. The quantitative estimate of drug-likeness (QED) is 0.905. The van der Waals surface area contributed by atoms with Gasteiger partial charge in [-0.1, -0.05) is 37.5 Å². The highest BCUT2D eigenvalue weighted by Gasteiger charge is 2.31. The summed E-state index contributed by atoms with van der Waals surface area (Å²) >= 11 is 0. The van der Waals surface area contributed by atoms with Crippen LogP contribution in [0.4, 0.5) is 0 Å². The van der Waals surface area contributed by atoms with E-state index < -0.39 is 0 Å². The van der Waals surface area contributed by atoms with E-state index in [-0.39, 0.29) is 12.1 Å². The second kappa shape index (κ2) is 5.82. The molecule has 21 heavy (non-hydrogen) atoms. The Hall–Kier alpha value is -1.32. The van der Waals surface area contributed by atoms with Gasteiger partial charge in [0.15, 0.2) is 0 Å². The number of nitrogens with zero attached hydrogens (tertiary/aromatic N) is 1. The van der Waals surface area contributed by atoms with Crippen molar-refractivity contribution in [2.24, 2.45) is 7.05 Å². The summed E-state index contributed by atoms with van der Waals surface area (Å²) in [5.74, 6) is 0. The van der Waals surface area contributed by atoms with Gasteiger partial charge in [0.05, 0.1) is 6.61 Å². The Morgan fingerprint density at radius 2 is 1.90 bits per heavy atom. The van der Waals surface area contributed by atoms with Crippen LogP contribution < -0.4 is 5.32 Å². The van der Waals surface area contributed by atoms with Crippen LogP contribution in [0.5, 0.6) is 0 Å². The molecular weight excluding hydrogens is 260 g/mol. The predicted molar refractivity (Wildman–Crippen MR) is 87.4 cm³/mol. The standard InChI is InChI=1S/C18H26N2O/c1-14-15-8-4-5-9-16(15)20(2)17(14)12-19-18(13-21)10-6-3-7-11-18/h4-5,8-9,19,21H,3,6-7,10-13H2,1-2H3. The smallest absolute Gasteiger partial charge is 0.0613 e. The number of aryl methyl sites for hydroxylation is 2. The van der Waals surface area contributed by atoms with E-state index in [0.29, 0.717) is 0 Å². The highest BCUT2D eigenvalue weighted by molar-refractivity contribution is 5.85. The lowest BCUT2D eigenvalue weighted by atomic mass is 9.82. The molecule has 3 rings (SSSR count). The Bertz CT molecular complexity index is 584. The minimum atomic E-state index is -0.0683. The lowest BCUT2D eigenvalue weighted by Gasteiger charge is -2.37. The Morgan fingerprint density at radius 3 is 2.57 bits per heavy atom. The number of rotatable bonds is 4. The highest BCUT2D eigenvalue weighted by atomic mass is 16.3. The summed E-state index contributed by atoms with van der Waals surface area (Å²) in [6.45, 7) is 3.28. The molecule has 1 heterocycles. The van der Waals surface area contributed by atoms with Gasteiger partial charge in [0, 0.05) is 35.7 Å². The van der Waals surface area contributed by atoms with E-state index in [9.17, 15) is 5.11 Å². The van der Waals surface area contributed by atoms with E-state index in [1.807, 2.05) is 0 Å². The zero-order valence-corrected chi connectivity index (χ0v) is 13.2. The number of aromatic nitrogens is 1. The van der Waals surface area contributed by atoms with Crippen molar-refractivity contribution in [1.29, 1.82) is 0 Å². The molecule has 1 saturated carbocycles. The fourth-order valence-corrected chi connectivity index (χ4v) is 3.78.